The molecule has 1 aliphatic carbocycles. The number of carbonyl (C=O) groups excluding carboxylic acids is 2. The second-order valence-corrected chi connectivity index (χ2v) is 4.74. The van der Waals surface area contributed by atoms with Gasteiger partial charge in [-0.15, -0.1) is 12.4 Å². The lowest BCUT2D eigenvalue weighted by Gasteiger charge is -2.39. The summed E-state index contributed by atoms with van der Waals surface area (Å²) < 4.78 is 0. The predicted molar refractivity (Wildman–Crippen MR) is 73.6 cm³/mol. The Balaban J connectivity index is 0.00000289. The van der Waals surface area contributed by atoms with Gasteiger partial charge in [-0.05, 0) is 33.1 Å². The van der Waals surface area contributed by atoms with Crippen LogP contribution in [0.25, 0.3) is 0 Å². The number of nitrogens with two attached hydrogens (primary N) is 1. The Morgan fingerprint density at radius 2 is 1.72 bits per heavy atom. The Morgan fingerprint density at radius 1 is 1.22 bits per heavy atom. The molecule has 0 radical (unpaired) electrons. The molecule has 0 atom stereocenters. The summed E-state index contributed by atoms with van der Waals surface area (Å²) in [5.41, 5.74) is 5.24. The molecule has 6 heteroatoms. The summed E-state index contributed by atoms with van der Waals surface area (Å²) in [6, 6.07) is 0. The van der Waals surface area contributed by atoms with Gasteiger partial charge in [0.25, 0.3) is 0 Å². The molecule has 0 unspecified atom stereocenters. The van der Waals surface area contributed by atoms with Crippen molar-refractivity contribution < 1.29 is 9.59 Å². The quantitative estimate of drug-likeness (QED) is 0.801. The molecule has 18 heavy (non-hydrogen) atoms. The SMILES string of the molecule is CCN(CC)C(=O)CN(C)C(=O)C1(N)CCC1.Cl. The molecule has 1 saturated carbocycles. The highest BCUT2D eigenvalue weighted by Gasteiger charge is 2.42. The average molecular weight is 278 g/mol. The summed E-state index contributed by atoms with van der Waals surface area (Å²) in [7, 11) is 1.65. The van der Waals surface area contributed by atoms with Crippen molar-refractivity contribution in [3.05, 3.63) is 0 Å². The molecule has 0 aromatic heterocycles. The minimum Gasteiger partial charge on any atom is -0.342 e. The van der Waals surface area contributed by atoms with Gasteiger partial charge in [-0.25, -0.2) is 0 Å². The maximum absolute atomic E-state index is 12.0. The number of likely N-dealkylation sites (N-methyl/N-ethyl adjacent to an activating group) is 2. The standard InChI is InChI=1S/C12H23N3O2.ClH/c1-4-15(5-2)10(16)9-14(3)11(17)12(13)7-6-8-12;/h4-9,13H2,1-3H3;1H. The van der Waals surface area contributed by atoms with E-state index in [4.69, 9.17) is 5.73 Å². The van der Waals surface area contributed by atoms with Gasteiger partial charge in [-0.1, -0.05) is 0 Å². The molecule has 0 heterocycles. The zero-order valence-corrected chi connectivity index (χ0v) is 12.3. The Morgan fingerprint density at radius 3 is 2.06 bits per heavy atom. The van der Waals surface area contributed by atoms with Crippen LogP contribution in [0.1, 0.15) is 33.1 Å². The summed E-state index contributed by atoms with van der Waals surface area (Å²) in [5, 5.41) is 0. The molecule has 2 N–H and O–H groups in total. The highest BCUT2D eigenvalue weighted by Crippen LogP contribution is 2.30. The number of hydrogen-bond donors (Lipinski definition) is 1. The summed E-state index contributed by atoms with van der Waals surface area (Å²) in [6.07, 6.45) is 2.46. The van der Waals surface area contributed by atoms with Crippen LogP contribution in [-0.2, 0) is 9.59 Å². The molecule has 0 aromatic carbocycles. The van der Waals surface area contributed by atoms with Gasteiger partial charge in [0.15, 0.2) is 0 Å². The number of halogens is 1. The topological polar surface area (TPSA) is 66.6 Å². The molecule has 0 aromatic rings. The molecule has 1 aliphatic rings. The maximum atomic E-state index is 12.0. The third kappa shape index (κ3) is 3.59. The summed E-state index contributed by atoms with van der Waals surface area (Å²) in [6.45, 7) is 5.33. The van der Waals surface area contributed by atoms with Gasteiger partial charge in [0.1, 0.15) is 0 Å². The average Bonchev–Trinajstić information content (AvgIpc) is 2.26. The first-order chi connectivity index (χ1) is 7.94. The predicted octanol–water partition coefficient (Wildman–Crippen LogP) is 0.616. The van der Waals surface area contributed by atoms with Gasteiger partial charge in [-0.3, -0.25) is 9.59 Å². The molecular weight excluding hydrogens is 254 g/mol. The zero-order valence-electron chi connectivity index (χ0n) is 11.4. The fourth-order valence-electron chi connectivity index (χ4n) is 2.10. The lowest BCUT2D eigenvalue weighted by molar-refractivity contribution is -0.144. The molecular formula is C12H24ClN3O2. The third-order valence-electron chi connectivity index (χ3n) is 3.51. The van der Waals surface area contributed by atoms with E-state index in [1.807, 2.05) is 13.8 Å². The number of amides is 2. The third-order valence-corrected chi connectivity index (χ3v) is 3.51. The largest absolute Gasteiger partial charge is 0.342 e. The van der Waals surface area contributed by atoms with Crippen LogP contribution in [-0.4, -0.2) is 53.8 Å². The van der Waals surface area contributed by atoms with Crippen LogP contribution in [0.15, 0.2) is 0 Å². The summed E-state index contributed by atoms with van der Waals surface area (Å²) in [4.78, 5) is 27.0. The van der Waals surface area contributed by atoms with Gasteiger partial charge in [-0.2, -0.15) is 0 Å². The Bertz CT molecular complexity index is 302. The van der Waals surface area contributed by atoms with E-state index in [1.165, 1.54) is 4.90 Å². The second kappa shape index (κ2) is 6.95. The highest BCUT2D eigenvalue weighted by molar-refractivity contribution is 5.90. The van der Waals surface area contributed by atoms with E-state index in [0.717, 1.165) is 19.3 Å². The molecule has 0 saturated heterocycles. The number of nitrogens with zero attached hydrogens (tertiary/aromatic N) is 2. The van der Waals surface area contributed by atoms with Crippen molar-refractivity contribution >= 4 is 24.2 Å². The summed E-state index contributed by atoms with van der Waals surface area (Å²) >= 11 is 0. The van der Waals surface area contributed by atoms with E-state index in [1.54, 1.807) is 11.9 Å². The van der Waals surface area contributed by atoms with Crippen LogP contribution in [0.5, 0.6) is 0 Å². The van der Waals surface area contributed by atoms with Crippen molar-refractivity contribution in [3.63, 3.8) is 0 Å². The van der Waals surface area contributed by atoms with E-state index in [-0.39, 0.29) is 30.8 Å². The molecule has 1 fully saturated rings. The van der Waals surface area contributed by atoms with Crippen molar-refractivity contribution in [3.8, 4) is 0 Å². The van der Waals surface area contributed by atoms with Crippen LogP contribution in [0.3, 0.4) is 0 Å². The molecule has 0 aliphatic heterocycles. The van der Waals surface area contributed by atoms with Crippen LogP contribution >= 0.6 is 12.4 Å². The van der Waals surface area contributed by atoms with Gasteiger partial charge in [0.2, 0.25) is 11.8 Å². The molecule has 5 nitrogen and oxygen atoms in total. The van der Waals surface area contributed by atoms with Crippen LogP contribution in [0.4, 0.5) is 0 Å². The highest BCUT2D eigenvalue weighted by atomic mass is 35.5. The van der Waals surface area contributed by atoms with E-state index in [0.29, 0.717) is 13.1 Å². The Kier molecular flexibility index (Phi) is 6.63. The molecule has 106 valence electrons. The number of carbonyl (C=O) groups is 2. The van der Waals surface area contributed by atoms with Crippen LogP contribution in [0.2, 0.25) is 0 Å². The molecule has 2 amide bonds. The Hall–Kier alpha value is -0.810. The minimum absolute atomic E-state index is 0. The number of hydrogen-bond acceptors (Lipinski definition) is 3. The fourth-order valence-corrected chi connectivity index (χ4v) is 2.10. The fraction of sp³-hybridized carbons (Fsp3) is 0.833. The van der Waals surface area contributed by atoms with E-state index in [2.05, 4.69) is 0 Å². The van der Waals surface area contributed by atoms with Gasteiger partial charge in [0.05, 0.1) is 12.1 Å². The maximum Gasteiger partial charge on any atom is 0.242 e. The first-order valence-corrected chi connectivity index (χ1v) is 6.26. The molecule has 0 bridgehead atoms. The van der Waals surface area contributed by atoms with Crippen LogP contribution in [0, 0.1) is 0 Å². The summed E-state index contributed by atoms with van der Waals surface area (Å²) in [5.74, 6) is -0.127. The van der Waals surface area contributed by atoms with E-state index in [9.17, 15) is 9.59 Å². The lowest BCUT2D eigenvalue weighted by Crippen LogP contribution is -2.59. The van der Waals surface area contributed by atoms with Crippen molar-refractivity contribution in [2.45, 2.75) is 38.6 Å². The zero-order chi connectivity index (χ0) is 13.1. The van der Waals surface area contributed by atoms with Crippen molar-refractivity contribution in [2.75, 3.05) is 26.7 Å². The number of rotatable bonds is 5. The Labute approximate surface area is 115 Å². The second-order valence-electron chi connectivity index (χ2n) is 4.74. The van der Waals surface area contributed by atoms with E-state index >= 15 is 0 Å². The normalized spacial score (nSPS) is 16.2. The van der Waals surface area contributed by atoms with Gasteiger partial charge >= 0.3 is 0 Å². The molecule has 1 rings (SSSR count). The van der Waals surface area contributed by atoms with Crippen molar-refractivity contribution in [2.24, 2.45) is 5.73 Å². The minimum atomic E-state index is -0.710. The monoisotopic (exact) mass is 277 g/mol. The first kappa shape index (κ1) is 17.2. The van der Waals surface area contributed by atoms with Crippen molar-refractivity contribution in [1.82, 2.24) is 9.80 Å². The van der Waals surface area contributed by atoms with Gasteiger partial charge in [0, 0.05) is 20.1 Å². The van der Waals surface area contributed by atoms with Gasteiger partial charge < -0.3 is 15.5 Å². The first-order valence-electron chi connectivity index (χ1n) is 6.26. The van der Waals surface area contributed by atoms with Crippen molar-refractivity contribution in [1.29, 1.82) is 0 Å². The molecule has 0 spiro atoms. The lowest BCUT2D eigenvalue weighted by atomic mass is 9.76. The van der Waals surface area contributed by atoms with E-state index < -0.39 is 5.54 Å². The smallest absolute Gasteiger partial charge is 0.242 e. The van der Waals surface area contributed by atoms with Crippen LogP contribution < -0.4 is 5.73 Å².